The van der Waals surface area contributed by atoms with Gasteiger partial charge in [-0.25, -0.2) is 9.18 Å². The van der Waals surface area contributed by atoms with E-state index in [1.807, 2.05) is 32.9 Å². The van der Waals surface area contributed by atoms with E-state index in [0.29, 0.717) is 5.56 Å². The Morgan fingerprint density at radius 2 is 1.67 bits per heavy atom. The van der Waals surface area contributed by atoms with Gasteiger partial charge in [-0.1, -0.05) is 17.7 Å². The van der Waals surface area contributed by atoms with E-state index < -0.39 is 24.2 Å². The first-order valence-corrected chi connectivity index (χ1v) is 7.45. The maximum atomic E-state index is 13.3. The number of carbonyl (C=O) groups excluding carboxylic acids is 2. The van der Waals surface area contributed by atoms with Gasteiger partial charge in [0.15, 0.2) is 6.61 Å². The van der Waals surface area contributed by atoms with E-state index in [2.05, 4.69) is 0 Å². The lowest BCUT2D eigenvalue weighted by Gasteiger charge is -2.12. The number of aryl methyl sites for hydroxylation is 3. The second-order valence-electron chi connectivity index (χ2n) is 5.62. The Kier molecular flexibility index (Phi) is 5.34. The maximum Gasteiger partial charge on any atom is 0.339 e. The normalized spacial score (nSPS) is 10.4. The van der Waals surface area contributed by atoms with E-state index in [1.165, 1.54) is 19.2 Å². The molecule has 0 aliphatic carbocycles. The number of ether oxygens (including phenoxy) is 2. The van der Waals surface area contributed by atoms with Crippen LogP contribution in [0.15, 0.2) is 30.3 Å². The van der Waals surface area contributed by atoms with Crippen LogP contribution in [0.5, 0.6) is 5.75 Å². The Balaban J connectivity index is 2.15. The Hall–Kier alpha value is -2.69. The first kappa shape index (κ1) is 17.7. The van der Waals surface area contributed by atoms with Crippen LogP contribution >= 0.6 is 0 Å². The van der Waals surface area contributed by atoms with Crippen molar-refractivity contribution in [3.63, 3.8) is 0 Å². The van der Waals surface area contributed by atoms with Gasteiger partial charge >= 0.3 is 5.97 Å². The van der Waals surface area contributed by atoms with Gasteiger partial charge in [0.1, 0.15) is 11.6 Å². The molecule has 0 heterocycles. The zero-order valence-corrected chi connectivity index (χ0v) is 14.1. The van der Waals surface area contributed by atoms with Gasteiger partial charge in [0.25, 0.3) is 0 Å². The highest BCUT2D eigenvalue weighted by atomic mass is 19.1. The monoisotopic (exact) mass is 330 g/mol. The number of benzene rings is 2. The number of hydrogen-bond acceptors (Lipinski definition) is 4. The summed E-state index contributed by atoms with van der Waals surface area (Å²) in [7, 11) is 1.38. The second-order valence-corrected chi connectivity index (χ2v) is 5.62. The van der Waals surface area contributed by atoms with Crippen molar-refractivity contribution in [3.05, 3.63) is 64.0 Å². The quantitative estimate of drug-likeness (QED) is 0.618. The van der Waals surface area contributed by atoms with Gasteiger partial charge in [-0.05, 0) is 50.1 Å². The minimum atomic E-state index is -0.575. The van der Waals surface area contributed by atoms with Gasteiger partial charge in [-0.2, -0.15) is 0 Å². The van der Waals surface area contributed by atoms with Crippen LogP contribution < -0.4 is 4.74 Å². The lowest BCUT2D eigenvalue weighted by atomic mass is 10.00. The van der Waals surface area contributed by atoms with Gasteiger partial charge in [-0.3, -0.25) is 4.79 Å². The molecule has 0 bridgehead atoms. The predicted molar refractivity (Wildman–Crippen MR) is 88.2 cm³/mol. The third-order valence-electron chi connectivity index (χ3n) is 3.68. The van der Waals surface area contributed by atoms with E-state index in [0.717, 1.165) is 22.8 Å². The lowest BCUT2D eigenvalue weighted by molar-refractivity contribution is 0.0472. The number of rotatable bonds is 5. The van der Waals surface area contributed by atoms with Gasteiger partial charge in [0.05, 0.1) is 18.2 Å². The highest BCUT2D eigenvalue weighted by molar-refractivity contribution is 6.01. The zero-order valence-electron chi connectivity index (χ0n) is 14.1. The first-order chi connectivity index (χ1) is 11.3. The van der Waals surface area contributed by atoms with Crippen LogP contribution in [0.3, 0.4) is 0 Å². The fourth-order valence-corrected chi connectivity index (χ4v) is 2.68. The smallest absolute Gasteiger partial charge is 0.339 e. The molecule has 126 valence electrons. The van der Waals surface area contributed by atoms with E-state index in [4.69, 9.17) is 9.47 Å². The summed E-state index contributed by atoms with van der Waals surface area (Å²) in [6.07, 6.45) is 0. The average Bonchev–Trinajstić information content (AvgIpc) is 2.51. The molecule has 0 atom stereocenters. The molecule has 5 heteroatoms. The first-order valence-electron chi connectivity index (χ1n) is 7.45. The molecule has 2 rings (SSSR count). The number of carbonyl (C=O) groups is 2. The van der Waals surface area contributed by atoms with Crippen LogP contribution in [0.2, 0.25) is 0 Å². The average molecular weight is 330 g/mol. The van der Waals surface area contributed by atoms with Crippen molar-refractivity contribution >= 4 is 11.8 Å². The predicted octanol–water partition coefficient (Wildman–Crippen LogP) is 3.80. The second kappa shape index (κ2) is 7.25. The van der Waals surface area contributed by atoms with E-state index in [9.17, 15) is 14.0 Å². The van der Waals surface area contributed by atoms with Crippen molar-refractivity contribution in [2.24, 2.45) is 0 Å². The largest absolute Gasteiger partial charge is 0.496 e. The summed E-state index contributed by atoms with van der Waals surface area (Å²) >= 11 is 0. The molecule has 0 fully saturated rings. The molecule has 0 aliphatic heterocycles. The summed E-state index contributed by atoms with van der Waals surface area (Å²) in [6.45, 7) is 5.09. The van der Waals surface area contributed by atoms with Crippen LogP contribution in [-0.4, -0.2) is 25.5 Å². The van der Waals surface area contributed by atoms with E-state index in [-0.39, 0.29) is 11.3 Å². The number of ketones is 1. The molecule has 0 amide bonds. The minimum absolute atomic E-state index is 0.0441. The lowest BCUT2D eigenvalue weighted by Crippen LogP contribution is -2.17. The van der Waals surface area contributed by atoms with Crippen molar-refractivity contribution in [2.75, 3.05) is 13.7 Å². The highest BCUT2D eigenvalue weighted by Gasteiger charge is 2.19. The van der Waals surface area contributed by atoms with E-state index in [1.54, 1.807) is 0 Å². The van der Waals surface area contributed by atoms with Gasteiger partial charge in [0.2, 0.25) is 5.78 Å². The summed E-state index contributed by atoms with van der Waals surface area (Å²) in [5, 5.41) is 0. The molecule has 4 nitrogen and oxygen atoms in total. The molecule has 0 radical (unpaired) electrons. The summed E-state index contributed by atoms with van der Waals surface area (Å²) in [5.74, 6) is -1.42. The molecule has 0 N–H and O–H groups in total. The van der Waals surface area contributed by atoms with Crippen molar-refractivity contribution < 1.29 is 23.5 Å². The third kappa shape index (κ3) is 3.79. The molecular weight excluding hydrogens is 311 g/mol. The topological polar surface area (TPSA) is 52.6 Å². The number of Topliss-reactive ketones (excluding diaryl/α,β-unsaturated/α-hetero) is 1. The molecule has 2 aromatic carbocycles. The van der Waals surface area contributed by atoms with Crippen LogP contribution in [0, 0.1) is 26.6 Å². The Labute approximate surface area is 140 Å². The van der Waals surface area contributed by atoms with Gasteiger partial charge in [-0.15, -0.1) is 0 Å². The zero-order chi connectivity index (χ0) is 17.9. The fourth-order valence-electron chi connectivity index (χ4n) is 2.68. The highest BCUT2D eigenvalue weighted by Crippen LogP contribution is 2.21. The molecule has 0 unspecified atom stereocenters. The molecule has 2 aromatic rings. The van der Waals surface area contributed by atoms with E-state index >= 15 is 0 Å². The van der Waals surface area contributed by atoms with Crippen molar-refractivity contribution in [1.29, 1.82) is 0 Å². The molecule has 0 saturated heterocycles. The van der Waals surface area contributed by atoms with Crippen molar-refractivity contribution in [3.8, 4) is 5.75 Å². The molecule has 0 spiro atoms. The molecule has 0 aliphatic rings. The van der Waals surface area contributed by atoms with Crippen molar-refractivity contribution in [1.82, 2.24) is 0 Å². The van der Waals surface area contributed by atoms with Crippen LogP contribution in [0.4, 0.5) is 4.39 Å². The molecule has 24 heavy (non-hydrogen) atoms. The molecular formula is C19H19FO4. The fraction of sp³-hybridized carbons (Fsp3) is 0.263. The Morgan fingerprint density at radius 1 is 1.04 bits per heavy atom. The summed E-state index contributed by atoms with van der Waals surface area (Å²) < 4.78 is 23.5. The Morgan fingerprint density at radius 3 is 2.25 bits per heavy atom. The van der Waals surface area contributed by atoms with Crippen LogP contribution in [-0.2, 0) is 4.74 Å². The summed E-state index contributed by atoms with van der Waals surface area (Å²) in [5.41, 5.74) is 3.10. The summed E-state index contributed by atoms with van der Waals surface area (Å²) in [4.78, 5) is 24.5. The number of esters is 1. The van der Waals surface area contributed by atoms with Crippen LogP contribution in [0.1, 0.15) is 37.4 Å². The van der Waals surface area contributed by atoms with Gasteiger partial charge in [0, 0.05) is 0 Å². The summed E-state index contributed by atoms with van der Waals surface area (Å²) in [6, 6.07) is 7.37. The van der Waals surface area contributed by atoms with Crippen LogP contribution in [0.25, 0.3) is 0 Å². The SMILES string of the molecule is COc1ccc(F)cc1C(=O)COC(=O)c1c(C)cc(C)cc1C. The molecule has 0 aromatic heterocycles. The third-order valence-corrected chi connectivity index (χ3v) is 3.68. The number of halogens is 1. The van der Waals surface area contributed by atoms with Crippen molar-refractivity contribution in [2.45, 2.75) is 20.8 Å². The molecule has 0 saturated carbocycles. The number of methoxy groups -OCH3 is 1. The standard InChI is InChI=1S/C19H19FO4/c1-11-7-12(2)18(13(3)8-11)19(22)24-10-16(21)15-9-14(20)5-6-17(15)23-4/h5-9H,10H2,1-4H3. The number of hydrogen-bond donors (Lipinski definition) is 0. The van der Waals surface area contributed by atoms with Gasteiger partial charge < -0.3 is 9.47 Å². The maximum absolute atomic E-state index is 13.3. The Bertz CT molecular complexity index is 773. The minimum Gasteiger partial charge on any atom is -0.496 e.